The average Bonchev–Trinajstić information content (AvgIpc) is 3.12. The van der Waals surface area contributed by atoms with Gasteiger partial charge in [-0.1, -0.05) is 16.6 Å². The summed E-state index contributed by atoms with van der Waals surface area (Å²) < 4.78 is 22.1. The van der Waals surface area contributed by atoms with Crippen molar-refractivity contribution in [3.05, 3.63) is 64.8 Å². The summed E-state index contributed by atoms with van der Waals surface area (Å²) in [5.74, 6) is 0.149. The maximum atomic E-state index is 13.0. The van der Waals surface area contributed by atoms with Crippen molar-refractivity contribution in [2.45, 2.75) is 13.0 Å². The van der Waals surface area contributed by atoms with E-state index in [1.165, 1.54) is 12.1 Å². The van der Waals surface area contributed by atoms with Crippen LogP contribution in [-0.2, 0) is 0 Å². The van der Waals surface area contributed by atoms with E-state index in [-0.39, 0.29) is 17.8 Å². The highest BCUT2D eigenvalue weighted by Gasteiger charge is 2.20. The lowest BCUT2D eigenvalue weighted by molar-refractivity contribution is 0.0944. The van der Waals surface area contributed by atoms with Gasteiger partial charge in [0.1, 0.15) is 22.1 Å². The fourth-order valence-corrected chi connectivity index (χ4v) is 2.97. The largest absolute Gasteiger partial charge is 0.497 e. The zero-order chi connectivity index (χ0) is 17.8. The number of carbonyl (C=O) groups excluding carboxylic acids is 1. The van der Waals surface area contributed by atoms with E-state index in [1.54, 1.807) is 31.4 Å². The first-order valence-corrected chi connectivity index (χ1v) is 8.39. The van der Waals surface area contributed by atoms with Crippen molar-refractivity contribution in [1.82, 2.24) is 14.9 Å². The van der Waals surface area contributed by atoms with Crippen molar-refractivity contribution in [3.8, 4) is 17.0 Å². The van der Waals surface area contributed by atoms with Crippen LogP contribution in [0, 0.1) is 5.82 Å². The van der Waals surface area contributed by atoms with Crippen LogP contribution in [0.4, 0.5) is 4.39 Å². The molecule has 1 N–H and O–H groups in total. The SMILES string of the molecule is COc1ccc(-c2nnsc2C(=O)NC(C)c2ccc(F)cc2)cc1. The quantitative estimate of drug-likeness (QED) is 0.753. The lowest BCUT2D eigenvalue weighted by Gasteiger charge is -2.14. The molecular weight excluding hydrogens is 341 g/mol. The highest BCUT2D eigenvalue weighted by molar-refractivity contribution is 7.08. The van der Waals surface area contributed by atoms with E-state index in [4.69, 9.17) is 4.74 Å². The number of rotatable bonds is 5. The van der Waals surface area contributed by atoms with Gasteiger partial charge in [0, 0.05) is 5.56 Å². The summed E-state index contributed by atoms with van der Waals surface area (Å²) in [6, 6.07) is 13.0. The molecule has 1 heterocycles. The van der Waals surface area contributed by atoms with Gasteiger partial charge in [-0.2, -0.15) is 0 Å². The van der Waals surface area contributed by atoms with Gasteiger partial charge in [-0.05, 0) is 60.4 Å². The predicted molar refractivity (Wildman–Crippen MR) is 94.2 cm³/mol. The third-order valence-electron chi connectivity index (χ3n) is 3.78. The van der Waals surface area contributed by atoms with Gasteiger partial charge < -0.3 is 10.1 Å². The van der Waals surface area contributed by atoms with Gasteiger partial charge in [0.2, 0.25) is 0 Å². The number of nitrogens with one attached hydrogen (secondary N) is 1. The molecule has 5 nitrogen and oxygen atoms in total. The summed E-state index contributed by atoms with van der Waals surface area (Å²) in [6.45, 7) is 1.84. The lowest BCUT2D eigenvalue weighted by Crippen LogP contribution is -2.26. The number of nitrogens with zero attached hydrogens (tertiary/aromatic N) is 2. The second kappa shape index (κ2) is 7.40. The Morgan fingerprint density at radius 1 is 1.16 bits per heavy atom. The number of methoxy groups -OCH3 is 1. The van der Waals surface area contributed by atoms with E-state index in [1.807, 2.05) is 19.1 Å². The lowest BCUT2D eigenvalue weighted by atomic mass is 10.1. The van der Waals surface area contributed by atoms with Gasteiger partial charge in [-0.3, -0.25) is 4.79 Å². The van der Waals surface area contributed by atoms with Gasteiger partial charge in [0.25, 0.3) is 5.91 Å². The average molecular weight is 357 g/mol. The molecule has 25 heavy (non-hydrogen) atoms. The molecular formula is C18H16FN3O2S. The van der Waals surface area contributed by atoms with Gasteiger partial charge in [-0.15, -0.1) is 5.10 Å². The minimum absolute atomic E-state index is 0.265. The molecule has 1 atom stereocenters. The second-order valence-corrected chi connectivity index (χ2v) is 6.18. The molecule has 0 radical (unpaired) electrons. The minimum atomic E-state index is -0.310. The Hall–Kier alpha value is -2.80. The minimum Gasteiger partial charge on any atom is -0.497 e. The molecule has 0 aliphatic rings. The molecule has 3 rings (SSSR count). The first-order chi connectivity index (χ1) is 12.1. The fraction of sp³-hybridized carbons (Fsp3) is 0.167. The standard InChI is InChI=1S/C18H16FN3O2S/c1-11(12-3-7-14(19)8-4-12)20-18(23)17-16(21-22-25-17)13-5-9-15(24-2)10-6-13/h3-11H,1-2H3,(H,20,23). The van der Waals surface area contributed by atoms with Crippen LogP contribution in [0.1, 0.15) is 28.2 Å². The van der Waals surface area contributed by atoms with E-state index >= 15 is 0 Å². The smallest absolute Gasteiger partial charge is 0.265 e. The van der Waals surface area contributed by atoms with Crippen LogP contribution in [0.25, 0.3) is 11.3 Å². The van der Waals surface area contributed by atoms with E-state index in [9.17, 15) is 9.18 Å². The molecule has 7 heteroatoms. The van der Waals surface area contributed by atoms with Gasteiger partial charge in [0.05, 0.1) is 13.2 Å². The molecule has 0 fully saturated rings. The summed E-state index contributed by atoms with van der Waals surface area (Å²) in [7, 11) is 1.59. The van der Waals surface area contributed by atoms with Crippen molar-refractivity contribution in [2.24, 2.45) is 0 Å². The van der Waals surface area contributed by atoms with E-state index in [2.05, 4.69) is 14.9 Å². The third kappa shape index (κ3) is 3.83. The highest BCUT2D eigenvalue weighted by atomic mass is 32.1. The van der Waals surface area contributed by atoms with Crippen molar-refractivity contribution in [3.63, 3.8) is 0 Å². The van der Waals surface area contributed by atoms with Crippen molar-refractivity contribution < 1.29 is 13.9 Å². The first-order valence-electron chi connectivity index (χ1n) is 7.61. The van der Waals surface area contributed by atoms with Gasteiger partial charge in [0.15, 0.2) is 0 Å². The number of carbonyl (C=O) groups is 1. The van der Waals surface area contributed by atoms with Crippen molar-refractivity contribution >= 4 is 17.4 Å². The van der Waals surface area contributed by atoms with Crippen LogP contribution >= 0.6 is 11.5 Å². The Bertz CT molecular complexity index is 863. The molecule has 1 aromatic heterocycles. The fourth-order valence-electron chi connectivity index (χ4n) is 2.37. The second-order valence-electron chi connectivity index (χ2n) is 5.43. The maximum absolute atomic E-state index is 13.0. The molecule has 0 spiro atoms. The number of aromatic nitrogens is 2. The first kappa shape index (κ1) is 17.0. The van der Waals surface area contributed by atoms with Crippen LogP contribution in [0.2, 0.25) is 0 Å². The summed E-state index contributed by atoms with van der Waals surface area (Å²) in [4.78, 5) is 13.0. The van der Waals surface area contributed by atoms with Gasteiger partial charge in [-0.25, -0.2) is 4.39 Å². The maximum Gasteiger partial charge on any atom is 0.265 e. The number of amides is 1. The molecule has 2 aromatic carbocycles. The Morgan fingerprint density at radius 2 is 1.84 bits per heavy atom. The van der Waals surface area contributed by atoms with E-state index in [0.717, 1.165) is 28.4 Å². The number of ether oxygens (including phenoxy) is 1. The summed E-state index contributed by atoms with van der Waals surface area (Å²) in [6.07, 6.45) is 0. The molecule has 1 amide bonds. The molecule has 0 bridgehead atoms. The number of benzene rings is 2. The topological polar surface area (TPSA) is 64.1 Å². The Kier molecular flexibility index (Phi) is 5.04. The normalized spacial score (nSPS) is 11.8. The van der Waals surface area contributed by atoms with Gasteiger partial charge >= 0.3 is 0 Å². The van der Waals surface area contributed by atoms with Crippen LogP contribution in [0.5, 0.6) is 5.75 Å². The Balaban J connectivity index is 1.78. The van der Waals surface area contributed by atoms with Crippen molar-refractivity contribution in [2.75, 3.05) is 7.11 Å². The third-order valence-corrected chi connectivity index (χ3v) is 4.50. The summed E-state index contributed by atoms with van der Waals surface area (Å²) >= 11 is 1.04. The summed E-state index contributed by atoms with van der Waals surface area (Å²) in [5.41, 5.74) is 2.13. The van der Waals surface area contributed by atoms with E-state index in [0.29, 0.717) is 10.6 Å². The van der Waals surface area contributed by atoms with Crippen LogP contribution < -0.4 is 10.1 Å². The molecule has 0 saturated heterocycles. The van der Waals surface area contributed by atoms with Crippen molar-refractivity contribution in [1.29, 1.82) is 0 Å². The van der Waals surface area contributed by atoms with Crippen LogP contribution in [0.3, 0.4) is 0 Å². The predicted octanol–water partition coefficient (Wildman–Crippen LogP) is 3.84. The number of halogens is 1. The Morgan fingerprint density at radius 3 is 2.48 bits per heavy atom. The molecule has 0 aliphatic carbocycles. The molecule has 1 unspecified atom stereocenters. The zero-order valence-corrected chi connectivity index (χ0v) is 14.5. The monoisotopic (exact) mass is 357 g/mol. The highest BCUT2D eigenvalue weighted by Crippen LogP contribution is 2.26. The van der Waals surface area contributed by atoms with Crippen LogP contribution in [-0.4, -0.2) is 22.6 Å². The number of hydrogen-bond donors (Lipinski definition) is 1. The van der Waals surface area contributed by atoms with E-state index < -0.39 is 0 Å². The Labute approximate surface area is 148 Å². The molecule has 128 valence electrons. The molecule has 0 saturated carbocycles. The van der Waals surface area contributed by atoms with Crippen LogP contribution in [0.15, 0.2) is 48.5 Å². The molecule has 0 aliphatic heterocycles. The molecule has 3 aromatic rings. The number of hydrogen-bond acceptors (Lipinski definition) is 5. The zero-order valence-electron chi connectivity index (χ0n) is 13.7. The summed E-state index contributed by atoms with van der Waals surface area (Å²) in [5, 5.41) is 6.97.